The first-order valence-electron chi connectivity index (χ1n) is 10.8. The minimum atomic E-state index is -0.665. The number of nitrogens with one attached hydrogen (secondary N) is 2. The maximum Gasteiger partial charge on any atom is 0.237 e. The summed E-state index contributed by atoms with van der Waals surface area (Å²) in [5.41, 5.74) is 3.97. The third-order valence-corrected chi connectivity index (χ3v) is 6.86. The highest BCUT2D eigenvalue weighted by molar-refractivity contribution is 8.00. The van der Waals surface area contributed by atoms with Crippen molar-refractivity contribution in [2.24, 2.45) is 0 Å². The number of amides is 1. The molecule has 0 saturated heterocycles. The van der Waals surface area contributed by atoms with Crippen LogP contribution < -0.4 is 15.5 Å². The highest BCUT2D eigenvalue weighted by atomic mass is 32.2. The van der Waals surface area contributed by atoms with Gasteiger partial charge in [-0.25, -0.2) is 18.7 Å². The van der Waals surface area contributed by atoms with Gasteiger partial charge in [-0.05, 0) is 62.2 Å². The molecule has 3 heterocycles. The Kier molecular flexibility index (Phi) is 5.76. The van der Waals surface area contributed by atoms with Crippen molar-refractivity contribution >= 4 is 35.0 Å². The third kappa shape index (κ3) is 4.18. The highest BCUT2D eigenvalue weighted by Gasteiger charge is 2.30. The molecule has 2 aliphatic rings. The standard InChI is InChI=1S/C24H23F2N5OS/c1-13(2)31-20-9-16(8-18(25)23(20)33-12-21(31)32)22-19(26)11-28-24(30-22)29-17-4-3-15-10-27-6-5-14(15)7-17/h3-4,7-9,11,13,27H,5-6,10,12H2,1-2H3,(H,28,29,30). The van der Waals surface area contributed by atoms with Gasteiger partial charge < -0.3 is 15.5 Å². The first kappa shape index (κ1) is 21.8. The topological polar surface area (TPSA) is 70.2 Å². The van der Waals surface area contributed by atoms with Crippen LogP contribution in [0.5, 0.6) is 0 Å². The van der Waals surface area contributed by atoms with E-state index in [1.165, 1.54) is 17.2 Å². The molecule has 1 amide bonds. The number of hydrogen-bond donors (Lipinski definition) is 2. The number of nitrogens with zero attached hydrogens (tertiary/aromatic N) is 3. The fraction of sp³-hybridized carbons (Fsp3) is 0.292. The SMILES string of the molecule is CC(C)N1C(=O)CSc2c(F)cc(-c3nc(Nc4ccc5c(c4)CCNC5)ncc3F)cc21. The summed E-state index contributed by atoms with van der Waals surface area (Å²) in [5.74, 6) is -0.880. The predicted octanol–water partition coefficient (Wildman–Crippen LogP) is 4.66. The molecule has 6 nitrogen and oxygen atoms in total. The number of hydrogen-bond acceptors (Lipinski definition) is 6. The van der Waals surface area contributed by atoms with E-state index < -0.39 is 11.6 Å². The predicted molar refractivity (Wildman–Crippen MR) is 126 cm³/mol. The van der Waals surface area contributed by atoms with Crippen LogP contribution in [0.2, 0.25) is 0 Å². The molecule has 3 aromatic rings. The summed E-state index contributed by atoms with van der Waals surface area (Å²) in [7, 11) is 0. The van der Waals surface area contributed by atoms with Crippen LogP contribution in [0.25, 0.3) is 11.3 Å². The number of halogens is 2. The lowest BCUT2D eigenvalue weighted by Crippen LogP contribution is -2.40. The number of thioether (sulfide) groups is 1. The number of fused-ring (bicyclic) bond motifs is 2. The van der Waals surface area contributed by atoms with Crippen LogP contribution in [-0.4, -0.2) is 34.2 Å². The normalized spacial score (nSPS) is 15.4. The van der Waals surface area contributed by atoms with Gasteiger partial charge in [0.2, 0.25) is 11.9 Å². The number of anilines is 3. The van der Waals surface area contributed by atoms with Crippen molar-refractivity contribution in [3.05, 3.63) is 59.3 Å². The van der Waals surface area contributed by atoms with Gasteiger partial charge in [0.25, 0.3) is 0 Å². The van der Waals surface area contributed by atoms with Gasteiger partial charge in [0.1, 0.15) is 11.5 Å². The van der Waals surface area contributed by atoms with Crippen LogP contribution in [0.1, 0.15) is 25.0 Å². The van der Waals surface area contributed by atoms with E-state index in [1.807, 2.05) is 32.0 Å². The fourth-order valence-electron chi connectivity index (χ4n) is 4.26. The molecule has 1 aromatic heterocycles. The van der Waals surface area contributed by atoms with Crippen molar-refractivity contribution < 1.29 is 13.6 Å². The molecule has 2 aliphatic heterocycles. The Morgan fingerprint density at radius 3 is 2.82 bits per heavy atom. The van der Waals surface area contributed by atoms with Crippen LogP contribution in [0.15, 0.2) is 41.4 Å². The minimum absolute atomic E-state index is 0.0249. The third-order valence-electron chi connectivity index (χ3n) is 5.78. The van der Waals surface area contributed by atoms with E-state index in [-0.39, 0.29) is 34.9 Å². The monoisotopic (exact) mass is 467 g/mol. The van der Waals surface area contributed by atoms with Gasteiger partial charge in [0.05, 0.1) is 22.5 Å². The van der Waals surface area contributed by atoms with E-state index in [0.29, 0.717) is 10.6 Å². The summed E-state index contributed by atoms with van der Waals surface area (Å²) in [6, 6.07) is 8.76. The first-order valence-corrected chi connectivity index (χ1v) is 11.8. The molecule has 0 spiro atoms. The van der Waals surface area contributed by atoms with Crippen LogP contribution in [0.4, 0.5) is 26.1 Å². The molecular weight excluding hydrogens is 444 g/mol. The van der Waals surface area contributed by atoms with Crippen molar-refractivity contribution in [1.82, 2.24) is 15.3 Å². The maximum atomic E-state index is 15.0. The van der Waals surface area contributed by atoms with Gasteiger partial charge in [-0.3, -0.25) is 4.79 Å². The molecular formula is C24H23F2N5OS. The van der Waals surface area contributed by atoms with E-state index >= 15 is 0 Å². The molecule has 0 unspecified atom stereocenters. The lowest BCUT2D eigenvalue weighted by Gasteiger charge is -2.32. The van der Waals surface area contributed by atoms with E-state index in [4.69, 9.17) is 0 Å². The van der Waals surface area contributed by atoms with Gasteiger partial charge >= 0.3 is 0 Å². The first-order chi connectivity index (χ1) is 15.9. The summed E-state index contributed by atoms with van der Waals surface area (Å²) < 4.78 is 29.7. The maximum absolute atomic E-state index is 15.0. The molecule has 170 valence electrons. The van der Waals surface area contributed by atoms with E-state index in [1.54, 1.807) is 11.0 Å². The smallest absolute Gasteiger partial charge is 0.237 e. The van der Waals surface area contributed by atoms with Crippen LogP contribution in [0.3, 0.4) is 0 Å². The molecule has 2 N–H and O–H groups in total. The average molecular weight is 468 g/mol. The lowest BCUT2D eigenvalue weighted by molar-refractivity contribution is -0.116. The van der Waals surface area contributed by atoms with Crippen molar-refractivity contribution in [3.63, 3.8) is 0 Å². The Labute approximate surface area is 194 Å². The molecule has 0 radical (unpaired) electrons. The zero-order valence-corrected chi connectivity index (χ0v) is 19.1. The molecule has 0 aliphatic carbocycles. The molecule has 0 atom stereocenters. The molecule has 5 rings (SSSR count). The quantitative estimate of drug-likeness (QED) is 0.582. The molecule has 33 heavy (non-hydrogen) atoms. The summed E-state index contributed by atoms with van der Waals surface area (Å²) in [4.78, 5) is 22.8. The van der Waals surface area contributed by atoms with Crippen LogP contribution >= 0.6 is 11.8 Å². The number of benzene rings is 2. The minimum Gasteiger partial charge on any atom is -0.324 e. The van der Waals surface area contributed by atoms with Crippen LogP contribution in [0, 0.1) is 11.6 Å². The summed E-state index contributed by atoms with van der Waals surface area (Å²) >= 11 is 1.16. The Morgan fingerprint density at radius 2 is 2.00 bits per heavy atom. The lowest BCUT2D eigenvalue weighted by atomic mass is 10.0. The van der Waals surface area contributed by atoms with E-state index in [9.17, 15) is 13.6 Å². The van der Waals surface area contributed by atoms with Gasteiger partial charge in [0, 0.05) is 23.8 Å². The number of carbonyl (C=O) groups is 1. The molecule has 2 aromatic carbocycles. The molecule has 0 bridgehead atoms. The number of carbonyl (C=O) groups excluding carboxylic acids is 1. The zero-order chi connectivity index (χ0) is 23.1. The molecule has 0 saturated carbocycles. The average Bonchev–Trinajstić information content (AvgIpc) is 2.79. The largest absolute Gasteiger partial charge is 0.324 e. The van der Waals surface area contributed by atoms with Crippen LogP contribution in [-0.2, 0) is 17.8 Å². The van der Waals surface area contributed by atoms with Gasteiger partial charge in [0.15, 0.2) is 5.82 Å². The second-order valence-corrected chi connectivity index (χ2v) is 9.36. The highest BCUT2D eigenvalue weighted by Crippen LogP contribution is 2.41. The van der Waals surface area contributed by atoms with E-state index in [0.717, 1.165) is 43.2 Å². The summed E-state index contributed by atoms with van der Waals surface area (Å²) in [6.07, 6.45) is 2.00. The Hall–Kier alpha value is -3.04. The second kappa shape index (κ2) is 8.72. The van der Waals surface area contributed by atoms with Gasteiger partial charge in [-0.1, -0.05) is 6.07 Å². The Bertz CT molecular complexity index is 1250. The zero-order valence-electron chi connectivity index (χ0n) is 18.3. The van der Waals surface area contributed by atoms with Crippen molar-refractivity contribution in [2.45, 2.75) is 37.8 Å². The summed E-state index contributed by atoms with van der Waals surface area (Å²) in [6.45, 7) is 5.49. The fourth-order valence-corrected chi connectivity index (χ4v) is 5.16. The number of aromatic nitrogens is 2. The Morgan fingerprint density at radius 1 is 1.15 bits per heavy atom. The van der Waals surface area contributed by atoms with Crippen molar-refractivity contribution in [3.8, 4) is 11.3 Å². The number of rotatable bonds is 4. The molecule has 0 fully saturated rings. The molecule has 9 heteroatoms. The van der Waals surface area contributed by atoms with Crippen molar-refractivity contribution in [2.75, 3.05) is 22.5 Å². The summed E-state index contributed by atoms with van der Waals surface area (Å²) in [5, 5.41) is 6.47. The van der Waals surface area contributed by atoms with E-state index in [2.05, 4.69) is 20.6 Å². The van der Waals surface area contributed by atoms with Gasteiger partial charge in [-0.15, -0.1) is 11.8 Å². The second-order valence-electron chi connectivity index (χ2n) is 8.38. The Balaban J connectivity index is 1.51. The van der Waals surface area contributed by atoms with Crippen molar-refractivity contribution in [1.29, 1.82) is 0 Å². The van der Waals surface area contributed by atoms with Gasteiger partial charge in [-0.2, -0.15) is 0 Å².